The number of imidazole rings is 1. The van der Waals surface area contributed by atoms with Gasteiger partial charge in [0.25, 0.3) is 11.3 Å². The zero-order valence-electron chi connectivity index (χ0n) is 17.7. The molecule has 1 aromatic carbocycles. The molecule has 2 aliphatic rings. The molecule has 0 bridgehead atoms. The third-order valence-corrected chi connectivity index (χ3v) is 6.33. The van der Waals surface area contributed by atoms with E-state index < -0.39 is 22.9 Å². The molecule has 3 heterocycles. The van der Waals surface area contributed by atoms with Crippen molar-refractivity contribution >= 4 is 34.4 Å². The fraction of sp³-hybridized carbons (Fsp3) is 0.429. The molecule has 5 rings (SSSR count). The molecule has 1 N–H and O–H groups in total. The van der Waals surface area contributed by atoms with E-state index in [1.165, 1.54) is 29.7 Å². The van der Waals surface area contributed by atoms with Gasteiger partial charge < -0.3 is 14.8 Å². The van der Waals surface area contributed by atoms with Crippen molar-refractivity contribution in [2.24, 2.45) is 14.1 Å². The summed E-state index contributed by atoms with van der Waals surface area (Å²) in [6.07, 6.45) is 4.97. The van der Waals surface area contributed by atoms with Crippen molar-refractivity contribution in [3.8, 4) is 11.5 Å². The van der Waals surface area contributed by atoms with E-state index in [2.05, 4.69) is 10.3 Å². The molecular formula is C21H22ClN5O5. The van der Waals surface area contributed by atoms with E-state index in [0.29, 0.717) is 17.2 Å². The molecule has 32 heavy (non-hydrogen) atoms. The Morgan fingerprint density at radius 3 is 2.59 bits per heavy atom. The summed E-state index contributed by atoms with van der Waals surface area (Å²) in [7, 11) is 2.85. The van der Waals surface area contributed by atoms with Crippen LogP contribution in [0, 0.1) is 0 Å². The summed E-state index contributed by atoms with van der Waals surface area (Å²) in [5.74, 6) is 0.258. The SMILES string of the molecule is Cn1c(=O)c2c(nc(Cl)n2CC(=O)Nc2ccc3c(c2)OC2(CCCCC2)O3)n(C)c1=O. The summed E-state index contributed by atoms with van der Waals surface area (Å²) >= 11 is 6.19. The largest absolute Gasteiger partial charge is 0.448 e. The van der Waals surface area contributed by atoms with Gasteiger partial charge in [0.2, 0.25) is 11.2 Å². The highest BCUT2D eigenvalue weighted by Gasteiger charge is 2.42. The average Bonchev–Trinajstić information content (AvgIpc) is 3.28. The van der Waals surface area contributed by atoms with Gasteiger partial charge in [0.05, 0.1) is 0 Å². The number of nitrogens with one attached hydrogen (secondary N) is 1. The number of rotatable bonds is 3. The molecule has 10 nitrogen and oxygen atoms in total. The lowest BCUT2D eigenvalue weighted by atomic mass is 9.94. The van der Waals surface area contributed by atoms with E-state index in [1.807, 2.05) is 0 Å². The lowest BCUT2D eigenvalue weighted by Gasteiger charge is -2.31. The number of hydrogen-bond acceptors (Lipinski definition) is 6. The first-order chi connectivity index (χ1) is 15.3. The quantitative estimate of drug-likeness (QED) is 0.601. The molecule has 0 unspecified atom stereocenters. The Kier molecular flexibility index (Phi) is 4.77. The van der Waals surface area contributed by atoms with Crippen molar-refractivity contribution in [2.45, 2.75) is 44.4 Å². The highest BCUT2D eigenvalue weighted by molar-refractivity contribution is 6.29. The third-order valence-electron chi connectivity index (χ3n) is 6.04. The summed E-state index contributed by atoms with van der Waals surface area (Å²) in [5, 5.41) is 2.74. The predicted octanol–water partition coefficient (Wildman–Crippen LogP) is 2.16. The van der Waals surface area contributed by atoms with E-state index in [9.17, 15) is 14.4 Å². The molecule has 1 saturated carbocycles. The molecular weight excluding hydrogens is 438 g/mol. The smallest absolute Gasteiger partial charge is 0.332 e. The number of halogens is 1. The number of fused-ring (bicyclic) bond motifs is 2. The number of carbonyl (C=O) groups is 1. The second-order valence-electron chi connectivity index (χ2n) is 8.23. The third kappa shape index (κ3) is 3.26. The number of aromatic nitrogens is 4. The van der Waals surface area contributed by atoms with E-state index in [1.54, 1.807) is 18.2 Å². The predicted molar refractivity (Wildman–Crippen MR) is 117 cm³/mol. The van der Waals surface area contributed by atoms with Gasteiger partial charge in [-0.25, -0.2) is 4.79 Å². The Morgan fingerprint density at radius 2 is 1.84 bits per heavy atom. The normalized spacial score (nSPS) is 16.6. The van der Waals surface area contributed by atoms with E-state index in [4.69, 9.17) is 21.1 Å². The molecule has 3 aromatic rings. The van der Waals surface area contributed by atoms with Crippen LogP contribution in [0.5, 0.6) is 11.5 Å². The standard InChI is InChI=1S/C21H22ClN5O5/c1-25-17-16(18(29)26(2)20(25)30)27(19(22)24-17)11-15(28)23-12-6-7-13-14(10-12)32-21(31-13)8-4-3-5-9-21/h6-7,10H,3-5,8-9,11H2,1-2H3,(H,23,28). The van der Waals surface area contributed by atoms with Crippen LogP contribution in [0.4, 0.5) is 5.69 Å². The van der Waals surface area contributed by atoms with Crippen LogP contribution in [0.1, 0.15) is 32.1 Å². The van der Waals surface area contributed by atoms with Gasteiger partial charge in [0, 0.05) is 38.7 Å². The van der Waals surface area contributed by atoms with E-state index in [-0.39, 0.29) is 23.0 Å². The van der Waals surface area contributed by atoms with Gasteiger partial charge >= 0.3 is 5.69 Å². The van der Waals surface area contributed by atoms with Gasteiger partial charge in [-0.15, -0.1) is 0 Å². The topological polar surface area (TPSA) is 109 Å². The molecule has 2 aromatic heterocycles. The molecule has 1 amide bonds. The molecule has 0 atom stereocenters. The van der Waals surface area contributed by atoms with E-state index >= 15 is 0 Å². The molecule has 1 spiro atoms. The van der Waals surface area contributed by atoms with Gasteiger partial charge in [-0.05, 0) is 36.6 Å². The minimum absolute atomic E-state index is 0.0571. The number of amides is 1. The lowest BCUT2D eigenvalue weighted by Crippen LogP contribution is -2.40. The summed E-state index contributed by atoms with van der Waals surface area (Å²) in [5.41, 5.74) is -0.358. The van der Waals surface area contributed by atoms with Crippen molar-refractivity contribution < 1.29 is 14.3 Å². The first-order valence-electron chi connectivity index (χ1n) is 10.4. The van der Waals surface area contributed by atoms with Gasteiger partial charge in [0.1, 0.15) is 6.54 Å². The Morgan fingerprint density at radius 1 is 1.12 bits per heavy atom. The van der Waals surface area contributed by atoms with Crippen LogP contribution in [0.25, 0.3) is 11.2 Å². The number of ether oxygens (including phenoxy) is 2. The number of anilines is 1. The number of aryl methyl sites for hydroxylation is 1. The fourth-order valence-corrected chi connectivity index (χ4v) is 4.60. The Labute approximate surface area is 187 Å². The fourth-order valence-electron chi connectivity index (χ4n) is 4.37. The highest BCUT2D eigenvalue weighted by Crippen LogP contribution is 2.46. The lowest BCUT2D eigenvalue weighted by molar-refractivity contribution is -0.116. The summed E-state index contributed by atoms with van der Waals surface area (Å²) in [4.78, 5) is 41.6. The molecule has 168 valence electrons. The number of nitrogens with zero attached hydrogens (tertiary/aromatic N) is 4. The van der Waals surface area contributed by atoms with E-state index in [0.717, 1.165) is 30.3 Å². The first-order valence-corrected chi connectivity index (χ1v) is 10.8. The molecule has 0 saturated heterocycles. The monoisotopic (exact) mass is 459 g/mol. The van der Waals surface area contributed by atoms with Crippen molar-refractivity contribution in [2.75, 3.05) is 5.32 Å². The van der Waals surface area contributed by atoms with Crippen LogP contribution >= 0.6 is 11.6 Å². The maximum Gasteiger partial charge on any atom is 0.332 e. The summed E-state index contributed by atoms with van der Waals surface area (Å²) in [6, 6.07) is 5.24. The van der Waals surface area contributed by atoms with Crippen LogP contribution < -0.4 is 26.0 Å². The maximum absolute atomic E-state index is 12.8. The molecule has 1 aliphatic carbocycles. The minimum Gasteiger partial charge on any atom is -0.448 e. The number of carbonyl (C=O) groups excluding carboxylic acids is 1. The van der Waals surface area contributed by atoms with Crippen LogP contribution in [0.2, 0.25) is 5.28 Å². The zero-order valence-corrected chi connectivity index (χ0v) is 18.4. The van der Waals surface area contributed by atoms with Gasteiger partial charge in [-0.2, -0.15) is 4.98 Å². The Balaban J connectivity index is 1.38. The van der Waals surface area contributed by atoms with Crippen LogP contribution in [-0.4, -0.2) is 30.4 Å². The number of hydrogen-bond donors (Lipinski definition) is 1. The Bertz CT molecular complexity index is 1370. The number of benzene rings is 1. The minimum atomic E-state index is -0.595. The van der Waals surface area contributed by atoms with Crippen molar-refractivity contribution in [3.05, 3.63) is 44.3 Å². The van der Waals surface area contributed by atoms with Crippen LogP contribution in [0.15, 0.2) is 27.8 Å². The summed E-state index contributed by atoms with van der Waals surface area (Å²) < 4.78 is 15.6. The van der Waals surface area contributed by atoms with Gasteiger partial charge in [-0.1, -0.05) is 6.42 Å². The van der Waals surface area contributed by atoms with Crippen LogP contribution in [0.3, 0.4) is 0 Å². The molecule has 11 heteroatoms. The van der Waals surface area contributed by atoms with Crippen molar-refractivity contribution in [1.29, 1.82) is 0 Å². The van der Waals surface area contributed by atoms with Gasteiger partial charge in [0.15, 0.2) is 22.7 Å². The molecule has 1 aliphatic heterocycles. The van der Waals surface area contributed by atoms with Crippen molar-refractivity contribution in [1.82, 2.24) is 18.7 Å². The molecule has 1 fully saturated rings. The van der Waals surface area contributed by atoms with Crippen molar-refractivity contribution in [3.63, 3.8) is 0 Å². The molecule has 0 radical (unpaired) electrons. The second-order valence-corrected chi connectivity index (χ2v) is 8.57. The van der Waals surface area contributed by atoms with Crippen LogP contribution in [-0.2, 0) is 25.4 Å². The zero-order chi connectivity index (χ0) is 22.6. The maximum atomic E-state index is 12.8. The summed E-state index contributed by atoms with van der Waals surface area (Å²) in [6.45, 7) is -0.249. The first kappa shape index (κ1) is 20.6. The highest BCUT2D eigenvalue weighted by atomic mass is 35.5. The van der Waals surface area contributed by atoms with Gasteiger partial charge in [-0.3, -0.25) is 23.3 Å². The Hall–Kier alpha value is -3.27. The average molecular weight is 460 g/mol. The second kappa shape index (κ2) is 7.40.